The summed E-state index contributed by atoms with van der Waals surface area (Å²) < 4.78 is 14.5. The highest BCUT2D eigenvalue weighted by molar-refractivity contribution is 9.10. The van der Waals surface area contributed by atoms with Gasteiger partial charge in [0.1, 0.15) is 5.60 Å². The second-order valence-corrected chi connectivity index (χ2v) is 7.21. The molecular weight excluding hydrogens is 374 g/mol. The van der Waals surface area contributed by atoms with E-state index in [9.17, 15) is 0 Å². The van der Waals surface area contributed by atoms with Crippen LogP contribution in [0.3, 0.4) is 0 Å². The van der Waals surface area contributed by atoms with Crippen LogP contribution in [-0.2, 0) is 16.0 Å². The van der Waals surface area contributed by atoms with Crippen molar-refractivity contribution in [3.63, 3.8) is 0 Å². The van der Waals surface area contributed by atoms with Gasteiger partial charge in [0.15, 0.2) is 5.82 Å². The van der Waals surface area contributed by atoms with E-state index in [0.717, 1.165) is 55.1 Å². The Balaban J connectivity index is 1.52. The fourth-order valence-corrected chi connectivity index (χ4v) is 3.89. The summed E-state index contributed by atoms with van der Waals surface area (Å²) in [5.41, 5.74) is 0.781. The molecule has 0 aliphatic carbocycles. The van der Waals surface area contributed by atoms with Crippen molar-refractivity contribution in [2.75, 3.05) is 32.9 Å². The van der Waals surface area contributed by atoms with Crippen LogP contribution in [0.25, 0.3) is 5.69 Å². The molecule has 128 valence electrons. The van der Waals surface area contributed by atoms with Gasteiger partial charge >= 0.3 is 0 Å². The largest absolute Gasteiger partial charge is 0.378 e. The molecule has 1 atom stereocenters. The van der Waals surface area contributed by atoms with E-state index < -0.39 is 0 Å². The van der Waals surface area contributed by atoms with Crippen LogP contribution in [-0.4, -0.2) is 63.6 Å². The van der Waals surface area contributed by atoms with Crippen molar-refractivity contribution in [3.8, 4) is 5.69 Å². The molecule has 24 heavy (non-hydrogen) atoms. The molecule has 2 fully saturated rings. The maximum absolute atomic E-state index is 6.06. The van der Waals surface area contributed by atoms with Gasteiger partial charge in [-0.25, -0.2) is 0 Å². The van der Waals surface area contributed by atoms with E-state index >= 15 is 0 Å². The fourth-order valence-electron chi connectivity index (χ4n) is 3.44. The molecule has 0 N–H and O–H groups in total. The average molecular weight is 394 g/mol. The van der Waals surface area contributed by atoms with Crippen LogP contribution < -0.4 is 0 Å². The van der Waals surface area contributed by atoms with Gasteiger partial charge in [0, 0.05) is 24.2 Å². The number of ether oxygens (including phenoxy) is 2. The van der Waals surface area contributed by atoms with Crippen LogP contribution in [0.15, 0.2) is 28.7 Å². The predicted octanol–water partition coefficient (Wildman–Crippen LogP) is 1.81. The molecule has 2 saturated heterocycles. The maximum Gasteiger partial charge on any atom is 0.170 e. The summed E-state index contributed by atoms with van der Waals surface area (Å²) >= 11 is 3.57. The van der Waals surface area contributed by atoms with Crippen LogP contribution >= 0.6 is 15.9 Å². The Hall–Kier alpha value is -1.35. The van der Waals surface area contributed by atoms with Gasteiger partial charge in [0.2, 0.25) is 0 Å². The van der Waals surface area contributed by atoms with Gasteiger partial charge in [-0.3, -0.25) is 4.90 Å². The number of morpholine rings is 1. The second-order valence-electron chi connectivity index (χ2n) is 6.36. The average Bonchev–Trinajstić information content (AvgIpc) is 3.04. The normalized spacial score (nSPS) is 25.2. The molecule has 1 aromatic carbocycles. The maximum atomic E-state index is 6.06. The summed E-state index contributed by atoms with van der Waals surface area (Å²) in [6.45, 7) is 4.67. The Kier molecular flexibility index (Phi) is 4.62. The lowest BCUT2D eigenvalue weighted by Crippen LogP contribution is -2.55. The van der Waals surface area contributed by atoms with Crippen molar-refractivity contribution >= 4 is 15.9 Å². The number of hydrogen-bond donors (Lipinski definition) is 0. The number of hydrogen-bond acceptors (Lipinski definition) is 6. The molecule has 8 heteroatoms. The molecule has 2 aromatic rings. The summed E-state index contributed by atoms with van der Waals surface area (Å²) in [6.07, 6.45) is 2.11. The zero-order valence-electron chi connectivity index (χ0n) is 13.4. The molecule has 1 aromatic heterocycles. The van der Waals surface area contributed by atoms with E-state index in [2.05, 4.69) is 36.4 Å². The first-order valence-electron chi connectivity index (χ1n) is 8.22. The number of halogens is 1. The number of aromatic nitrogens is 4. The number of nitrogens with zero attached hydrogens (tertiary/aromatic N) is 5. The first kappa shape index (κ1) is 16.1. The SMILES string of the molecule is Brc1ccccc1-n1nnnc1CN1CCOC2(CCCOC2)C1. The van der Waals surface area contributed by atoms with Crippen molar-refractivity contribution in [1.82, 2.24) is 25.1 Å². The molecule has 2 aliphatic rings. The summed E-state index contributed by atoms with van der Waals surface area (Å²) in [7, 11) is 0. The van der Waals surface area contributed by atoms with Crippen LogP contribution in [0.5, 0.6) is 0 Å². The lowest BCUT2D eigenvalue weighted by molar-refractivity contribution is -0.169. The Labute approximate surface area is 149 Å². The molecule has 3 heterocycles. The van der Waals surface area contributed by atoms with Gasteiger partial charge in [-0.15, -0.1) is 5.10 Å². The van der Waals surface area contributed by atoms with Crippen molar-refractivity contribution in [1.29, 1.82) is 0 Å². The molecular formula is C16H20BrN5O2. The Morgan fingerprint density at radius 2 is 2.17 bits per heavy atom. The highest BCUT2D eigenvalue weighted by atomic mass is 79.9. The highest BCUT2D eigenvalue weighted by Gasteiger charge is 2.39. The summed E-state index contributed by atoms with van der Waals surface area (Å²) in [5.74, 6) is 0.829. The minimum absolute atomic E-state index is 0.165. The molecule has 4 rings (SSSR count). The van der Waals surface area contributed by atoms with Gasteiger partial charge in [-0.1, -0.05) is 12.1 Å². The van der Waals surface area contributed by atoms with Gasteiger partial charge in [0.25, 0.3) is 0 Å². The first-order chi connectivity index (χ1) is 11.8. The van der Waals surface area contributed by atoms with E-state index in [0.29, 0.717) is 13.2 Å². The van der Waals surface area contributed by atoms with Gasteiger partial charge in [-0.05, 0) is 51.3 Å². The molecule has 0 saturated carbocycles. The molecule has 0 bridgehead atoms. The van der Waals surface area contributed by atoms with Crippen LogP contribution in [0.4, 0.5) is 0 Å². The third-order valence-corrected chi connectivity index (χ3v) is 5.26. The lowest BCUT2D eigenvalue weighted by atomic mass is 9.94. The fraction of sp³-hybridized carbons (Fsp3) is 0.562. The van der Waals surface area contributed by atoms with Gasteiger partial charge in [-0.2, -0.15) is 4.68 Å². The second kappa shape index (κ2) is 6.87. The summed E-state index contributed by atoms with van der Waals surface area (Å²) in [4.78, 5) is 2.36. The number of para-hydroxylation sites is 1. The summed E-state index contributed by atoms with van der Waals surface area (Å²) in [5, 5.41) is 12.3. The van der Waals surface area contributed by atoms with Crippen molar-refractivity contribution in [2.45, 2.75) is 25.0 Å². The zero-order chi connectivity index (χ0) is 16.4. The zero-order valence-corrected chi connectivity index (χ0v) is 15.0. The van der Waals surface area contributed by atoms with Crippen molar-refractivity contribution in [2.24, 2.45) is 0 Å². The molecule has 1 unspecified atom stereocenters. The Bertz CT molecular complexity index is 696. The minimum atomic E-state index is -0.165. The van der Waals surface area contributed by atoms with Crippen molar-refractivity contribution in [3.05, 3.63) is 34.6 Å². The Morgan fingerprint density at radius 3 is 3.00 bits per heavy atom. The quantitative estimate of drug-likeness (QED) is 0.791. The lowest BCUT2D eigenvalue weighted by Gasteiger charge is -2.44. The monoisotopic (exact) mass is 393 g/mol. The van der Waals surface area contributed by atoms with E-state index in [1.807, 2.05) is 24.3 Å². The number of benzene rings is 1. The smallest absolute Gasteiger partial charge is 0.170 e. The standard InChI is InChI=1S/C16H20BrN5O2/c17-13-4-1-2-5-14(13)22-15(18-19-20-22)10-21-7-9-24-16(11-21)6-3-8-23-12-16/h1-2,4-5H,3,6-12H2. The van der Waals surface area contributed by atoms with Crippen LogP contribution in [0.2, 0.25) is 0 Å². The van der Waals surface area contributed by atoms with Gasteiger partial charge in [0.05, 0.1) is 25.4 Å². The molecule has 0 amide bonds. The molecule has 7 nitrogen and oxygen atoms in total. The predicted molar refractivity (Wildman–Crippen MR) is 90.9 cm³/mol. The van der Waals surface area contributed by atoms with E-state index in [4.69, 9.17) is 9.47 Å². The third kappa shape index (κ3) is 3.23. The van der Waals surface area contributed by atoms with E-state index in [1.165, 1.54) is 0 Å². The summed E-state index contributed by atoms with van der Waals surface area (Å²) in [6, 6.07) is 7.95. The topological polar surface area (TPSA) is 65.3 Å². The highest BCUT2D eigenvalue weighted by Crippen LogP contribution is 2.28. The number of rotatable bonds is 3. The third-order valence-electron chi connectivity index (χ3n) is 4.59. The van der Waals surface area contributed by atoms with Crippen LogP contribution in [0, 0.1) is 0 Å². The van der Waals surface area contributed by atoms with Crippen LogP contribution in [0.1, 0.15) is 18.7 Å². The first-order valence-corrected chi connectivity index (χ1v) is 9.01. The Morgan fingerprint density at radius 1 is 1.25 bits per heavy atom. The van der Waals surface area contributed by atoms with E-state index in [1.54, 1.807) is 4.68 Å². The minimum Gasteiger partial charge on any atom is -0.378 e. The van der Waals surface area contributed by atoms with E-state index in [-0.39, 0.29) is 5.60 Å². The molecule has 0 radical (unpaired) electrons. The van der Waals surface area contributed by atoms with Crippen molar-refractivity contribution < 1.29 is 9.47 Å². The number of tetrazole rings is 1. The van der Waals surface area contributed by atoms with Gasteiger partial charge < -0.3 is 9.47 Å². The molecule has 2 aliphatic heterocycles. The molecule has 1 spiro atoms.